The van der Waals surface area contributed by atoms with Crippen molar-refractivity contribution in [3.8, 4) is 11.5 Å². The number of benzene rings is 1. The second-order valence-corrected chi connectivity index (χ2v) is 3.69. The fourth-order valence-corrected chi connectivity index (χ4v) is 1.53. The number of aliphatic hydroxyl groups excluding tert-OH is 1. The van der Waals surface area contributed by atoms with Crippen molar-refractivity contribution in [1.29, 1.82) is 0 Å². The van der Waals surface area contributed by atoms with E-state index in [1.807, 2.05) is 0 Å². The van der Waals surface area contributed by atoms with E-state index < -0.39 is 18.0 Å². The van der Waals surface area contributed by atoms with Gasteiger partial charge in [-0.2, -0.15) is 0 Å². The molecular formula is C12H16O5. The first-order valence-corrected chi connectivity index (χ1v) is 5.14. The number of hydrogen-bond acceptors (Lipinski definition) is 4. The smallest absolute Gasteiger partial charge is 0.333 e. The van der Waals surface area contributed by atoms with E-state index in [1.54, 1.807) is 25.1 Å². The molecule has 0 aliphatic heterocycles. The van der Waals surface area contributed by atoms with Crippen molar-refractivity contribution in [2.24, 2.45) is 0 Å². The van der Waals surface area contributed by atoms with Gasteiger partial charge in [-0.25, -0.2) is 4.79 Å². The number of carboxylic acids is 1. The highest BCUT2D eigenvalue weighted by Gasteiger charge is 2.23. The molecule has 17 heavy (non-hydrogen) atoms. The quantitative estimate of drug-likeness (QED) is 0.810. The zero-order chi connectivity index (χ0) is 13.0. The highest BCUT2D eigenvalue weighted by atomic mass is 16.5. The van der Waals surface area contributed by atoms with E-state index in [0.29, 0.717) is 17.1 Å². The molecule has 0 saturated carbocycles. The van der Waals surface area contributed by atoms with Crippen LogP contribution >= 0.6 is 0 Å². The van der Waals surface area contributed by atoms with Crippen LogP contribution in [0.15, 0.2) is 18.2 Å². The van der Waals surface area contributed by atoms with Crippen LogP contribution in [-0.4, -0.2) is 36.5 Å². The third kappa shape index (κ3) is 2.88. The number of carboxylic acid groups (broad SMARTS) is 1. The van der Waals surface area contributed by atoms with E-state index in [-0.39, 0.29) is 0 Å². The Kier molecular flexibility index (Phi) is 4.34. The third-order valence-corrected chi connectivity index (χ3v) is 2.66. The lowest BCUT2D eigenvalue weighted by atomic mass is 9.95. The summed E-state index contributed by atoms with van der Waals surface area (Å²) in [6.45, 7) is 1.64. The molecule has 2 N–H and O–H groups in total. The second kappa shape index (κ2) is 5.54. The zero-order valence-corrected chi connectivity index (χ0v) is 10.0. The Bertz CT molecular complexity index is 402. The highest BCUT2D eigenvalue weighted by Crippen LogP contribution is 2.31. The zero-order valence-electron chi connectivity index (χ0n) is 10.0. The first-order chi connectivity index (χ1) is 8.01. The van der Waals surface area contributed by atoms with Gasteiger partial charge < -0.3 is 19.7 Å². The molecule has 94 valence electrons. The minimum atomic E-state index is -1.44. The first-order valence-electron chi connectivity index (χ1n) is 5.14. The molecular weight excluding hydrogens is 224 g/mol. The summed E-state index contributed by atoms with van der Waals surface area (Å²) in [5.41, 5.74) is 0.678. The summed E-state index contributed by atoms with van der Waals surface area (Å²) < 4.78 is 10.2. The van der Waals surface area contributed by atoms with Gasteiger partial charge in [-0.05, 0) is 17.7 Å². The van der Waals surface area contributed by atoms with Crippen LogP contribution in [0.3, 0.4) is 0 Å². The predicted molar refractivity (Wildman–Crippen MR) is 61.6 cm³/mol. The molecule has 0 radical (unpaired) electrons. The monoisotopic (exact) mass is 240 g/mol. The van der Waals surface area contributed by atoms with Crippen LogP contribution < -0.4 is 9.47 Å². The summed E-state index contributed by atoms with van der Waals surface area (Å²) in [5, 5.41) is 18.2. The summed E-state index contributed by atoms with van der Waals surface area (Å²) in [6, 6.07) is 5.05. The Labute approximate surface area is 99.6 Å². The van der Waals surface area contributed by atoms with E-state index in [1.165, 1.54) is 14.2 Å². The van der Waals surface area contributed by atoms with Gasteiger partial charge in [0.1, 0.15) is 0 Å². The van der Waals surface area contributed by atoms with Crippen molar-refractivity contribution in [3.63, 3.8) is 0 Å². The molecule has 5 nitrogen and oxygen atoms in total. The maximum Gasteiger partial charge on any atom is 0.333 e. The van der Waals surface area contributed by atoms with Gasteiger partial charge in [-0.3, -0.25) is 0 Å². The number of aliphatic hydroxyl groups is 1. The number of carbonyl (C=O) groups is 1. The molecule has 0 aromatic heterocycles. The SMILES string of the molecule is COc1ccc(C(C)C(O)C(=O)O)cc1OC. The van der Waals surface area contributed by atoms with Crippen molar-refractivity contribution in [1.82, 2.24) is 0 Å². The van der Waals surface area contributed by atoms with Gasteiger partial charge >= 0.3 is 5.97 Å². The molecule has 2 atom stereocenters. The number of methoxy groups -OCH3 is 2. The van der Waals surface area contributed by atoms with Crippen molar-refractivity contribution >= 4 is 5.97 Å². The molecule has 0 heterocycles. The molecule has 5 heteroatoms. The molecule has 0 fully saturated rings. The van der Waals surface area contributed by atoms with E-state index >= 15 is 0 Å². The Balaban J connectivity index is 3.03. The molecule has 1 rings (SSSR count). The average molecular weight is 240 g/mol. The van der Waals surface area contributed by atoms with Crippen molar-refractivity contribution in [3.05, 3.63) is 23.8 Å². The standard InChI is InChI=1S/C12H16O5/c1-7(11(13)12(14)15)8-4-5-9(16-2)10(6-8)17-3/h4-7,11,13H,1-3H3,(H,14,15). The van der Waals surface area contributed by atoms with Gasteiger partial charge in [0.2, 0.25) is 0 Å². The van der Waals surface area contributed by atoms with Crippen LogP contribution in [0.2, 0.25) is 0 Å². The fourth-order valence-electron chi connectivity index (χ4n) is 1.53. The molecule has 0 spiro atoms. The number of hydrogen-bond donors (Lipinski definition) is 2. The Hall–Kier alpha value is -1.75. The van der Waals surface area contributed by atoms with Gasteiger partial charge in [-0.15, -0.1) is 0 Å². The predicted octanol–water partition coefficient (Wildman–Crippen LogP) is 1.25. The van der Waals surface area contributed by atoms with Gasteiger partial charge in [0.25, 0.3) is 0 Å². The van der Waals surface area contributed by atoms with Gasteiger partial charge in [0.05, 0.1) is 14.2 Å². The van der Waals surface area contributed by atoms with Crippen LogP contribution in [0.4, 0.5) is 0 Å². The number of rotatable bonds is 5. The molecule has 1 aromatic rings. The minimum Gasteiger partial charge on any atom is -0.493 e. The lowest BCUT2D eigenvalue weighted by molar-refractivity contribution is -0.147. The van der Waals surface area contributed by atoms with E-state index in [2.05, 4.69) is 0 Å². The summed E-state index contributed by atoms with van der Waals surface area (Å²) >= 11 is 0. The van der Waals surface area contributed by atoms with E-state index in [0.717, 1.165) is 0 Å². The van der Waals surface area contributed by atoms with E-state index in [9.17, 15) is 9.90 Å². The summed E-state index contributed by atoms with van der Waals surface area (Å²) in [4.78, 5) is 10.7. The summed E-state index contributed by atoms with van der Waals surface area (Å²) in [7, 11) is 3.02. The molecule has 0 aliphatic carbocycles. The molecule has 1 aromatic carbocycles. The average Bonchev–Trinajstić information content (AvgIpc) is 2.35. The van der Waals surface area contributed by atoms with Crippen LogP contribution in [-0.2, 0) is 4.79 Å². The summed E-state index contributed by atoms with van der Waals surface area (Å²) in [6.07, 6.45) is -1.44. The molecule has 0 saturated heterocycles. The maximum absolute atomic E-state index is 10.7. The fraction of sp³-hybridized carbons (Fsp3) is 0.417. The molecule has 2 unspecified atom stereocenters. The summed E-state index contributed by atoms with van der Waals surface area (Å²) in [5.74, 6) is -0.692. The van der Waals surface area contributed by atoms with Crippen molar-refractivity contribution in [2.75, 3.05) is 14.2 Å². The lowest BCUT2D eigenvalue weighted by Gasteiger charge is -2.17. The van der Waals surface area contributed by atoms with Gasteiger partial charge in [-0.1, -0.05) is 13.0 Å². The first kappa shape index (κ1) is 13.3. The molecule has 0 amide bonds. The normalized spacial score (nSPS) is 13.9. The van der Waals surface area contributed by atoms with Crippen molar-refractivity contribution < 1.29 is 24.5 Å². The Morgan fingerprint density at radius 1 is 1.24 bits per heavy atom. The maximum atomic E-state index is 10.7. The van der Waals surface area contributed by atoms with Gasteiger partial charge in [0.15, 0.2) is 17.6 Å². The van der Waals surface area contributed by atoms with Crippen LogP contribution in [0.5, 0.6) is 11.5 Å². The Morgan fingerprint density at radius 2 is 1.82 bits per heavy atom. The minimum absolute atomic E-state index is 0.509. The van der Waals surface area contributed by atoms with Crippen LogP contribution in [0, 0.1) is 0 Å². The topological polar surface area (TPSA) is 76.0 Å². The Morgan fingerprint density at radius 3 is 2.29 bits per heavy atom. The molecule has 0 bridgehead atoms. The van der Waals surface area contributed by atoms with Crippen LogP contribution in [0.25, 0.3) is 0 Å². The van der Waals surface area contributed by atoms with E-state index in [4.69, 9.17) is 14.6 Å². The van der Waals surface area contributed by atoms with Crippen LogP contribution in [0.1, 0.15) is 18.4 Å². The number of aliphatic carboxylic acids is 1. The highest BCUT2D eigenvalue weighted by molar-refractivity contribution is 5.73. The third-order valence-electron chi connectivity index (χ3n) is 2.66. The molecule has 0 aliphatic rings. The number of ether oxygens (including phenoxy) is 2. The van der Waals surface area contributed by atoms with Crippen molar-refractivity contribution in [2.45, 2.75) is 18.9 Å². The largest absolute Gasteiger partial charge is 0.493 e. The second-order valence-electron chi connectivity index (χ2n) is 3.69. The van der Waals surface area contributed by atoms with Gasteiger partial charge in [0, 0.05) is 5.92 Å². The lowest BCUT2D eigenvalue weighted by Crippen LogP contribution is -2.25.